The molecule has 2 nitrogen and oxygen atoms in total. The van der Waals surface area contributed by atoms with E-state index in [1.54, 1.807) is 0 Å². The van der Waals surface area contributed by atoms with Crippen LogP contribution >= 0.6 is 0 Å². The molecule has 0 aliphatic rings. The molecule has 238 valence electrons. The number of para-hydroxylation sites is 1. The minimum atomic E-state index is 0.637. The fourth-order valence-electron chi connectivity index (χ4n) is 7.30. The molecule has 9 aromatic rings. The number of benzene rings is 9. The van der Waals surface area contributed by atoms with Gasteiger partial charge < -0.3 is 4.90 Å². The van der Waals surface area contributed by atoms with Crippen LogP contribution in [0, 0.1) is 11.3 Å². The van der Waals surface area contributed by atoms with E-state index in [4.69, 9.17) is 0 Å². The van der Waals surface area contributed by atoms with E-state index in [2.05, 4.69) is 205 Å². The van der Waals surface area contributed by atoms with Crippen molar-refractivity contribution >= 4 is 72.3 Å². The molecule has 51 heavy (non-hydrogen) atoms. The number of anilines is 3. The summed E-state index contributed by atoms with van der Waals surface area (Å²) in [6, 6.07) is 66.9. The summed E-state index contributed by atoms with van der Waals surface area (Å²) in [6.45, 7) is 0. The summed E-state index contributed by atoms with van der Waals surface area (Å²) < 4.78 is 0. The maximum atomic E-state index is 10.5. The van der Waals surface area contributed by atoms with Crippen LogP contribution in [0.4, 0.5) is 17.1 Å². The highest BCUT2D eigenvalue weighted by atomic mass is 15.1. The van der Waals surface area contributed by atoms with E-state index in [9.17, 15) is 5.26 Å². The zero-order valence-electron chi connectivity index (χ0n) is 27.9. The van der Waals surface area contributed by atoms with Crippen molar-refractivity contribution < 1.29 is 0 Å². The minimum absolute atomic E-state index is 0.637. The van der Waals surface area contributed by atoms with Crippen molar-refractivity contribution in [1.29, 1.82) is 5.26 Å². The lowest BCUT2D eigenvalue weighted by atomic mass is 9.90. The molecule has 0 saturated carbocycles. The highest BCUT2D eigenvalue weighted by molar-refractivity contribution is 6.09. The van der Waals surface area contributed by atoms with Crippen molar-refractivity contribution in [3.05, 3.63) is 199 Å². The summed E-state index contributed by atoms with van der Waals surface area (Å²) >= 11 is 0. The molecule has 2 heteroatoms. The van der Waals surface area contributed by atoms with Gasteiger partial charge in [0.15, 0.2) is 0 Å². The third-order valence-corrected chi connectivity index (χ3v) is 9.80. The molecule has 0 saturated heterocycles. The molecular formula is C49H32N2. The zero-order valence-corrected chi connectivity index (χ0v) is 27.9. The van der Waals surface area contributed by atoms with Crippen LogP contribution in [0.1, 0.15) is 16.7 Å². The second-order valence-electron chi connectivity index (χ2n) is 12.9. The van der Waals surface area contributed by atoms with Crippen molar-refractivity contribution in [2.75, 3.05) is 4.90 Å². The summed E-state index contributed by atoms with van der Waals surface area (Å²) in [5, 5.41) is 19.8. The number of fused-ring (bicyclic) bond motifs is 4. The SMILES string of the molecule is N#Cc1cc2cc(N(c3ccccc3)c3ccc4ccccc4c3)cc(-c3cccc4ccccc34)c2cc1C=Cc1ccc2ccccc2c1. The molecule has 0 fully saturated rings. The lowest BCUT2D eigenvalue weighted by Gasteiger charge is -2.27. The molecule has 0 aliphatic heterocycles. The lowest BCUT2D eigenvalue weighted by molar-refractivity contribution is 1.29. The standard InChI is InChI=1S/C49H32N2/c50-33-42-28-41-30-45(51(43-17-2-1-3-18-43)44-26-25-36-12-5-7-15-39(36)29-44)32-49(47-20-10-16-37-13-8-9-19-46(37)47)48(41)31-40(42)24-22-34-21-23-35-11-4-6-14-38(35)27-34/h1-32H. The topological polar surface area (TPSA) is 27.0 Å². The number of rotatable bonds is 6. The molecular weight excluding hydrogens is 617 g/mol. The molecule has 0 bridgehead atoms. The normalized spacial score (nSPS) is 11.4. The van der Waals surface area contributed by atoms with E-state index in [0.29, 0.717) is 5.56 Å². The predicted octanol–water partition coefficient (Wildman–Crippen LogP) is 13.5. The summed E-state index contributed by atoms with van der Waals surface area (Å²) in [6.07, 6.45) is 4.19. The molecule has 0 aromatic heterocycles. The Kier molecular flexibility index (Phi) is 7.58. The number of nitriles is 1. The van der Waals surface area contributed by atoms with E-state index in [-0.39, 0.29) is 0 Å². The fourth-order valence-corrected chi connectivity index (χ4v) is 7.30. The van der Waals surface area contributed by atoms with E-state index < -0.39 is 0 Å². The Morgan fingerprint density at radius 2 is 1.04 bits per heavy atom. The summed E-state index contributed by atoms with van der Waals surface area (Å²) in [7, 11) is 0. The number of hydrogen-bond acceptors (Lipinski definition) is 2. The van der Waals surface area contributed by atoms with Gasteiger partial charge in [-0.2, -0.15) is 5.26 Å². The first-order chi connectivity index (χ1) is 25.2. The van der Waals surface area contributed by atoms with Crippen LogP contribution in [-0.2, 0) is 0 Å². The van der Waals surface area contributed by atoms with Gasteiger partial charge in [-0.05, 0) is 120 Å². The van der Waals surface area contributed by atoms with Gasteiger partial charge in [-0.1, -0.05) is 140 Å². The molecule has 0 amide bonds. The summed E-state index contributed by atoms with van der Waals surface area (Å²) in [5.74, 6) is 0. The largest absolute Gasteiger partial charge is 0.310 e. The van der Waals surface area contributed by atoms with Gasteiger partial charge in [0.2, 0.25) is 0 Å². The number of hydrogen-bond donors (Lipinski definition) is 0. The molecule has 0 unspecified atom stereocenters. The zero-order chi connectivity index (χ0) is 34.1. The van der Waals surface area contributed by atoms with Gasteiger partial charge in [0.05, 0.1) is 11.6 Å². The van der Waals surface area contributed by atoms with E-state index in [0.717, 1.165) is 50.1 Å². The van der Waals surface area contributed by atoms with Crippen LogP contribution < -0.4 is 4.90 Å². The van der Waals surface area contributed by atoms with Crippen LogP contribution in [0.3, 0.4) is 0 Å². The highest BCUT2D eigenvalue weighted by Gasteiger charge is 2.18. The first-order valence-corrected chi connectivity index (χ1v) is 17.2. The van der Waals surface area contributed by atoms with Crippen molar-refractivity contribution in [2.45, 2.75) is 0 Å². The Morgan fingerprint density at radius 3 is 1.82 bits per heavy atom. The van der Waals surface area contributed by atoms with Gasteiger partial charge in [-0.15, -0.1) is 0 Å². The van der Waals surface area contributed by atoms with Gasteiger partial charge in [0.1, 0.15) is 0 Å². The van der Waals surface area contributed by atoms with Gasteiger partial charge in [0.25, 0.3) is 0 Å². The van der Waals surface area contributed by atoms with Gasteiger partial charge in [0, 0.05) is 17.1 Å². The smallest absolute Gasteiger partial charge is 0.0998 e. The molecule has 0 heterocycles. The van der Waals surface area contributed by atoms with E-state index in [1.165, 1.54) is 32.3 Å². The van der Waals surface area contributed by atoms with Gasteiger partial charge in [-0.3, -0.25) is 0 Å². The molecule has 0 N–H and O–H groups in total. The van der Waals surface area contributed by atoms with Gasteiger partial charge >= 0.3 is 0 Å². The molecule has 0 spiro atoms. The summed E-state index contributed by atoms with van der Waals surface area (Å²) in [5.41, 5.74) is 8.04. The van der Waals surface area contributed by atoms with Crippen LogP contribution in [0.15, 0.2) is 182 Å². The first kappa shape index (κ1) is 30.1. The van der Waals surface area contributed by atoms with Crippen LogP contribution in [-0.4, -0.2) is 0 Å². The highest BCUT2D eigenvalue weighted by Crippen LogP contribution is 2.43. The van der Waals surface area contributed by atoms with E-state index >= 15 is 0 Å². The second-order valence-corrected chi connectivity index (χ2v) is 12.9. The monoisotopic (exact) mass is 648 g/mol. The van der Waals surface area contributed by atoms with Crippen molar-refractivity contribution in [3.63, 3.8) is 0 Å². The Balaban J connectivity index is 1.28. The fraction of sp³-hybridized carbons (Fsp3) is 0. The summed E-state index contributed by atoms with van der Waals surface area (Å²) in [4.78, 5) is 2.32. The molecule has 9 aromatic carbocycles. The Hall–Kier alpha value is -6.95. The number of nitrogens with zero attached hydrogens (tertiary/aromatic N) is 2. The van der Waals surface area contributed by atoms with Crippen LogP contribution in [0.2, 0.25) is 0 Å². The Bertz CT molecular complexity index is 2820. The maximum absolute atomic E-state index is 10.5. The van der Waals surface area contributed by atoms with Gasteiger partial charge in [-0.25, -0.2) is 0 Å². The molecule has 9 rings (SSSR count). The third-order valence-electron chi connectivity index (χ3n) is 9.80. The Morgan fingerprint density at radius 1 is 0.392 bits per heavy atom. The average molecular weight is 649 g/mol. The average Bonchev–Trinajstić information content (AvgIpc) is 3.19. The quantitative estimate of drug-likeness (QED) is 0.168. The third kappa shape index (κ3) is 5.68. The molecule has 0 aliphatic carbocycles. The maximum Gasteiger partial charge on any atom is 0.0998 e. The van der Waals surface area contributed by atoms with Crippen LogP contribution in [0.5, 0.6) is 0 Å². The van der Waals surface area contributed by atoms with Crippen molar-refractivity contribution in [3.8, 4) is 17.2 Å². The minimum Gasteiger partial charge on any atom is -0.310 e. The van der Waals surface area contributed by atoms with Crippen LogP contribution in [0.25, 0.3) is 66.4 Å². The second kappa shape index (κ2) is 12.8. The first-order valence-electron chi connectivity index (χ1n) is 17.2. The lowest BCUT2D eigenvalue weighted by Crippen LogP contribution is -2.10. The van der Waals surface area contributed by atoms with E-state index in [1.807, 2.05) is 0 Å². The Labute approximate surface area is 297 Å². The van der Waals surface area contributed by atoms with Crippen molar-refractivity contribution in [2.24, 2.45) is 0 Å². The predicted molar refractivity (Wildman–Crippen MR) is 217 cm³/mol. The molecule has 0 atom stereocenters. The molecule has 0 radical (unpaired) electrons. The van der Waals surface area contributed by atoms with Crippen molar-refractivity contribution in [1.82, 2.24) is 0 Å².